The summed E-state index contributed by atoms with van der Waals surface area (Å²) in [5.41, 5.74) is 2.81. The summed E-state index contributed by atoms with van der Waals surface area (Å²) in [6.07, 6.45) is 4.93. The van der Waals surface area contributed by atoms with Crippen LogP contribution >= 0.6 is 23.2 Å². The van der Waals surface area contributed by atoms with Gasteiger partial charge in [-0.15, -0.1) is 0 Å². The van der Waals surface area contributed by atoms with Crippen molar-refractivity contribution >= 4 is 50.3 Å². The minimum atomic E-state index is -3.88. The number of nitrogens with one attached hydrogen (secondary N) is 2. The van der Waals surface area contributed by atoms with Gasteiger partial charge in [-0.05, 0) is 59.9 Å². The zero-order valence-electron chi connectivity index (χ0n) is 17.6. The minimum Gasteiger partial charge on any atom is -0.378 e. The van der Waals surface area contributed by atoms with E-state index in [-0.39, 0.29) is 34.1 Å². The molecule has 3 atom stereocenters. The molecular formula is C24H19Cl2N3O4S. The van der Waals surface area contributed by atoms with E-state index in [1.807, 2.05) is 6.07 Å². The third kappa shape index (κ3) is 4.24. The molecule has 0 unspecified atom stereocenters. The van der Waals surface area contributed by atoms with Crippen LogP contribution in [0.25, 0.3) is 0 Å². The first-order valence-electron chi connectivity index (χ1n) is 10.5. The SMILES string of the molecule is O=[N+]([O-])c1cccc([C@H]2Nc3ccc(S(=O)(=O)Nc4cc(Cl)cc(Cl)c4)cc3[C@H]3C=CC[C@H]32)c1. The molecule has 0 radical (unpaired) electrons. The second kappa shape index (κ2) is 8.61. The molecule has 174 valence electrons. The molecule has 0 aromatic heterocycles. The number of nitrogens with zero attached hydrogens (tertiary/aromatic N) is 1. The first kappa shape index (κ1) is 22.7. The fourth-order valence-corrected chi connectivity index (χ4v) is 6.33. The van der Waals surface area contributed by atoms with Gasteiger partial charge >= 0.3 is 0 Å². The van der Waals surface area contributed by atoms with Crippen molar-refractivity contribution in [2.45, 2.75) is 23.3 Å². The van der Waals surface area contributed by atoms with Crippen LogP contribution in [0.1, 0.15) is 29.5 Å². The number of allylic oxidation sites excluding steroid dienone is 2. The molecule has 2 aliphatic rings. The van der Waals surface area contributed by atoms with Crippen molar-refractivity contribution in [3.8, 4) is 0 Å². The Labute approximate surface area is 206 Å². The molecule has 5 rings (SSSR count). The van der Waals surface area contributed by atoms with Crippen molar-refractivity contribution in [2.75, 3.05) is 10.0 Å². The van der Waals surface area contributed by atoms with Crippen LogP contribution in [0.3, 0.4) is 0 Å². The van der Waals surface area contributed by atoms with Crippen LogP contribution in [0.2, 0.25) is 10.0 Å². The van der Waals surface area contributed by atoms with Crippen molar-refractivity contribution in [3.05, 3.63) is 104 Å². The molecule has 0 spiro atoms. The van der Waals surface area contributed by atoms with Gasteiger partial charge in [0.05, 0.1) is 21.5 Å². The van der Waals surface area contributed by atoms with E-state index in [4.69, 9.17) is 23.2 Å². The lowest BCUT2D eigenvalue weighted by molar-refractivity contribution is -0.384. The molecule has 0 saturated heterocycles. The summed E-state index contributed by atoms with van der Waals surface area (Å²) < 4.78 is 28.7. The number of fused-ring (bicyclic) bond motifs is 3. The highest BCUT2D eigenvalue weighted by molar-refractivity contribution is 7.92. The molecule has 1 heterocycles. The summed E-state index contributed by atoms with van der Waals surface area (Å²) in [6.45, 7) is 0. The average Bonchev–Trinajstić information content (AvgIpc) is 3.27. The van der Waals surface area contributed by atoms with Gasteiger partial charge in [-0.3, -0.25) is 14.8 Å². The molecule has 1 aliphatic carbocycles. The highest BCUT2D eigenvalue weighted by Crippen LogP contribution is 2.50. The van der Waals surface area contributed by atoms with E-state index in [9.17, 15) is 18.5 Å². The number of benzene rings is 3. The molecule has 0 bridgehead atoms. The Kier molecular flexibility index (Phi) is 5.75. The van der Waals surface area contributed by atoms with Crippen molar-refractivity contribution < 1.29 is 13.3 Å². The minimum absolute atomic E-state index is 0.0173. The maximum absolute atomic E-state index is 13.1. The number of non-ortho nitro benzene ring substituents is 1. The van der Waals surface area contributed by atoms with E-state index in [2.05, 4.69) is 22.2 Å². The number of nitro groups is 1. The number of halogens is 2. The maximum atomic E-state index is 13.1. The van der Waals surface area contributed by atoms with Crippen molar-refractivity contribution in [2.24, 2.45) is 5.92 Å². The van der Waals surface area contributed by atoms with Gasteiger partial charge in [0.15, 0.2) is 0 Å². The number of nitro benzene ring substituents is 1. The Bertz CT molecular complexity index is 1420. The van der Waals surface area contributed by atoms with Crippen LogP contribution in [-0.2, 0) is 10.0 Å². The zero-order valence-corrected chi connectivity index (χ0v) is 19.9. The predicted molar refractivity (Wildman–Crippen MR) is 133 cm³/mol. The van der Waals surface area contributed by atoms with Crippen LogP contribution in [0.5, 0.6) is 0 Å². The molecule has 7 nitrogen and oxygen atoms in total. The lowest BCUT2D eigenvalue weighted by Crippen LogP contribution is -2.29. The fourth-order valence-electron chi connectivity index (χ4n) is 4.73. The molecule has 2 N–H and O–H groups in total. The topological polar surface area (TPSA) is 101 Å². The molecule has 10 heteroatoms. The standard InChI is InChI=1S/C24H19Cl2N3O4S/c25-15-10-16(26)12-17(11-15)28-34(32,33)19-7-8-23-22(13-19)20-5-2-6-21(20)24(27-23)14-3-1-4-18(9-14)29(30)31/h1-5,7-13,20-21,24,27-28H,6H2/t20-,21+,24+/m0/s1. The quantitative estimate of drug-likeness (QED) is 0.228. The number of hydrogen-bond donors (Lipinski definition) is 2. The lowest BCUT2D eigenvalue weighted by atomic mass is 9.77. The largest absolute Gasteiger partial charge is 0.378 e. The van der Waals surface area contributed by atoms with Crippen molar-refractivity contribution in [1.29, 1.82) is 0 Å². The van der Waals surface area contributed by atoms with Crippen LogP contribution in [0, 0.1) is 16.0 Å². The first-order valence-corrected chi connectivity index (χ1v) is 12.8. The van der Waals surface area contributed by atoms with Gasteiger partial charge in [-0.1, -0.05) is 47.5 Å². The number of hydrogen-bond acceptors (Lipinski definition) is 5. The molecular weight excluding hydrogens is 497 g/mol. The molecule has 0 amide bonds. The summed E-state index contributed by atoms with van der Waals surface area (Å²) in [5.74, 6) is 0.0865. The van der Waals surface area contributed by atoms with E-state index in [0.29, 0.717) is 10.0 Å². The van der Waals surface area contributed by atoms with E-state index in [0.717, 1.165) is 23.2 Å². The monoisotopic (exact) mass is 515 g/mol. The third-order valence-corrected chi connectivity index (χ3v) is 8.01. The van der Waals surface area contributed by atoms with Gasteiger partial charge in [0, 0.05) is 33.8 Å². The van der Waals surface area contributed by atoms with E-state index >= 15 is 0 Å². The Balaban J connectivity index is 1.49. The van der Waals surface area contributed by atoms with Gasteiger partial charge in [0.2, 0.25) is 0 Å². The van der Waals surface area contributed by atoms with E-state index in [1.165, 1.54) is 30.3 Å². The van der Waals surface area contributed by atoms with Crippen LogP contribution in [0.15, 0.2) is 77.7 Å². The molecule has 0 saturated carbocycles. The average molecular weight is 516 g/mol. The Morgan fingerprint density at radius 2 is 1.79 bits per heavy atom. The summed E-state index contributed by atoms with van der Waals surface area (Å²) in [4.78, 5) is 11.0. The van der Waals surface area contributed by atoms with Gasteiger partial charge in [-0.25, -0.2) is 8.42 Å². The lowest BCUT2D eigenvalue weighted by Gasteiger charge is -2.37. The second-order valence-corrected chi connectivity index (χ2v) is 10.9. The van der Waals surface area contributed by atoms with Gasteiger partial charge < -0.3 is 5.32 Å². The van der Waals surface area contributed by atoms with E-state index in [1.54, 1.807) is 24.3 Å². The van der Waals surface area contributed by atoms with Crippen LogP contribution in [0.4, 0.5) is 17.1 Å². The summed E-state index contributed by atoms with van der Waals surface area (Å²) in [7, 11) is -3.88. The first-order chi connectivity index (χ1) is 16.2. The van der Waals surface area contributed by atoms with E-state index < -0.39 is 14.9 Å². The predicted octanol–water partition coefficient (Wildman–Crippen LogP) is 6.53. The highest BCUT2D eigenvalue weighted by Gasteiger charge is 2.38. The summed E-state index contributed by atoms with van der Waals surface area (Å²) >= 11 is 12.0. The second-order valence-electron chi connectivity index (χ2n) is 8.34. The molecule has 34 heavy (non-hydrogen) atoms. The van der Waals surface area contributed by atoms with Crippen LogP contribution in [-0.4, -0.2) is 13.3 Å². The number of rotatable bonds is 5. The highest BCUT2D eigenvalue weighted by atomic mass is 35.5. The Morgan fingerprint density at radius 1 is 1.03 bits per heavy atom. The fraction of sp³-hybridized carbons (Fsp3) is 0.167. The number of sulfonamides is 1. The molecule has 3 aromatic carbocycles. The van der Waals surface area contributed by atoms with Gasteiger partial charge in [0.1, 0.15) is 0 Å². The third-order valence-electron chi connectivity index (χ3n) is 6.20. The number of anilines is 2. The normalized spacial score (nSPS) is 20.8. The van der Waals surface area contributed by atoms with Crippen LogP contribution < -0.4 is 10.0 Å². The molecule has 3 aromatic rings. The summed E-state index contributed by atoms with van der Waals surface area (Å²) in [6, 6.07) is 15.9. The Hall–Kier alpha value is -3.07. The maximum Gasteiger partial charge on any atom is 0.269 e. The van der Waals surface area contributed by atoms with Crippen molar-refractivity contribution in [1.82, 2.24) is 0 Å². The van der Waals surface area contributed by atoms with Gasteiger partial charge in [0.25, 0.3) is 15.7 Å². The molecule has 0 fully saturated rings. The Morgan fingerprint density at radius 3 is 2.53 bits per heavy atom. The molecule has 1 aliphatic heterocycles. The smallest absolute Gasteiger partial charge is 0.269 e. The summed E-state index contributed by atoms with van der Waals surface area (Å²) in [5, 5.41) is 15.4. The zero-order chi connectivity index (χ0) is 24.0. The van der Waals surface area contributed by atoms with Gasteiger partial charge in [-0.2, -0.15) is 0 Å². The van der Waals surface area contributed by atoms with Crippen molar-refractivity contribution in [3.63, 3.8) is 0 Å².